The summed E-state index contributed by atoms with van der Waals surface area (Å²) in [7, 11) is -3.46. The highest BCUT2D eigenvalue weighted by Crippen LogP contribution is 2.37. The zero-order valence-corrected chi connectivity index (χ0v) is 21.9. The normalized spacial score (nSPS) is 14.2. The standard InChI is InChI=1S/C27H23F3N4O5S/c1-38-27(35)23-13-16(7-10-31-23)20-15-34(18-8-11-39-12-9-18)32-26(20)19-3-2-4-22(25(19)30)33-40(36,37)24-14-17(28)5-6-21(24)29/h2-7,10,13-15,18,33H,8-9,11-12H2,1H3. The molecule has 2 aromatic carbocycles. The van der Waals surface area contributed by atoms with E-state index in [1.165, 1.54) is 31.5 Å². The summed E-state index contributed by atoms with van der Waals surface area (Å²) < 4.78 is 83.4. The number of nitrogens with zero attached hydrogens (tertiary/aromatic N) is 3. The molecule has 0 unspecified atom stereocenters. The van der Waals surface area contributed by atoms with Gasteiger partial charge in [-0.2, -0.15) is 5.10 Å². The third kappa shape index (κ3) is 5.42. The van der Waals surface area contributed by atoms with Crippen molar-refractivity contribution in [3.63, 3.8) is 0 Å². The van der Waals surface area contributed by atoms with Crippen molar-refractivity contribution >= 4 is 21.7 Å². The molecule has 2 aromatic heterocycles. The van der Waals surface area contributed by atoms with Gasteiger partial charge >= 0.3 is 5.97 Å². The Labute approximate surface area is 227 Å². The maximum absolute atomic E-state index is 15.9. The number of carbonyl (C=O) groups is 1. The molecule has 1 saturated heterocycles. The summed E-state index contributed by atoms with van der Waals surface area (Å²) in [6.45, 7) is 1.05. The minimum Gasteiger partial charge on any atom is -0.464 e. The molecule has 4 aromatic rings. The molecule has 0 aliphatic carbocycles. The van der Waals surface area contributed by atoms with Gasteiger partial charge in [0.1, 0.15) is 27.9 Å². The highest BCUT2D eigenvalue weighted by molar-refractivity contribution is 7.92. The van der Waals surface area contributed by atoms with Crippen molar-refractivity contribution in [2.45, 2.75) is 23.8 Å². The first-order valence-electron chi connectivity index (χ1n) is 12.2. The summed E-state index contributed by atoms with van der Waals surface area (Å²) in [5.41, 5.74) is 0.604. The molecule has 1 fully saturated rings. The lowest BCUT2D eigenvalue weighted by Crippen LogP contribution is -2.20. The van der Waals surface area contributed by atoms with Crippen molar-refractivity contribution in [1.82, 2.24) is 14.8 Å². The number of benzene rings is 2. The number of hydrogen-bond donors (Lipinski definition) is 1. The highest BCUT2D eigenvalue weighted by atomic mass is 32.2. The number of hydrogen-bond acceptors (Lipinski definition) is 7. The smallest absolute Gasteiger partial charge is 0.356 e. The van der Waals surface area contributed by atoms with Crippen LogP contribution in [-0.4, -0.2) is 49.5 Å². The number of esters is 1. The molecule has 9 nitrogen and oxygen atoms in total. The summed E-state index contributed by atoms with van der Waals surface area (Å²) in [5.74, 6) is -3.80. The Hall–Kier alpha value is -4.23. The van der Waals surface area contributed by atoms with E-state index in [4.69, 9.17) is 9.47 Å². The van der Waals surface area contributed by atoms with E-state index in [1.54, 1.807) is 16.9 Å². The van der Waals surface area contributed by atoms with Crippen LogP contribution in [0.25, 0.3) is 22.4 Å². The molecule has 1 aliphatic rings. The lowest BCUT2D eigenvalue weighted by atomic mass is 10.0. The number of ether oxygens (including phenoxy) is 2. The van der Waals surface area contributed by atoms with Gasteiger partial charge in [-0.1, -0.05) is 6.07 Å². The predicted molar refractivity (Wildman–Crippen MR) is 138 cm³/mol. The molecule has 0 bridgehead atoms. The van der Waals surface area contributed by atoms with Crippen LogP contribution in [0.3, 0.4) is 0 Å². The van der Waals surface area contributed by atoms with Gasteiger partial charge in [-0.3, -0.25) is 9.40 Å². The second kappa shape index (κ2) is 11.1. The molecule has 0 radical (unpaired) electrons. The summed E-state index contributed by atoms with van der Waals surface area (Å²) in [6.07, 6.45) is 4.48. The lowest BCUT2D eigenvalue weighted by molar-refractivity contribution is 0.0594. The zero-order chi connectivity index (χ0) is 28.4. The van der Waals surface area contributed by atoms with Gasteiger partial charge in [0.05, 0.1) is 18.8 Å². The summed E-state index contributed by atoms with van der Waals surface area (Å²) >= 11 is 0. The second-order valence-corrected chi connectivity index (χ2v) is 10.6. The molecular weight excluding hydrogens is 549 g/mol. The van der Waals surface area contributed by atoms with E-state index in [9.17, 15) is 22.0 Å². The first-order chi connectivity index (χ1) is 19.2. The number of sulfonamides is 1. The second-order valence-electron chi connectivity index (χ2n) is 8.98. The first kappa shape index (κ1) is 27.3. The lowest BCUT2D eigenvalue weighted by Gasteiger charge is -2.22. The number of methoxy groups -OCH3 is 1. The van der Waals surface area contributed by atoms with E-state index in [-0.39, 0.29) is 23.0 Å². The fraction of sp³-hybridized carbons (Fsp3) is 0.222. The van der Waals surface area contributed by atoms with E-state index < -0.39 is 44.0 Å². The van der Waals surface area contributed by atoms with Crippen LogP contribution >= 0.6 is 0 Å². The quantitative estimate of drug-likeness (QED) is 0.311. The van der Waals surface area contributed by atoms with Gasteiger partial charge in [-0.15, -0.1) is 0 Å². The van der Waals surface area contributed by atoms with Gasteiger partial charge in [0.15, 0.2) is 5.82 Å². The number of nitrogens with one attached hydrogen (secondary N) is 1. The van der Waals surface area contributed by atoms with Crippen molar-refractivity contribution in [1.29, 1.82) is 0 Å². The Morgan fingerprint density at radius 2 is 1.85 bits per heavy atom. The molecule has 0 atom stereocenters. The molecular formula is C27H23F3N4O5S. The Morgan fingerprint density at radius 1 is 1.07 bits per heavy atom. The number of pyridine rings is 1. The van der Waals surface area contributed by atoms with Gasteiger partial charge < -0.3 is 9.47 Å². The van der Waals surface area contributed by atoms with Gasteiger partial charge in [0.2, 0.25) is 0 Å². The minimum atomic E-state index is -4.68. The largest absolute Gasteiger partial charge is 0.464 e. The third-order valence-corrected chi connectivity index (χ3v) is 7.82. The Bertz CT molecular complexity index is 1690. The Kier molecular flexibility index (Phi) is 7.59. The summed E-state index contributed by atoms with van der Waals surface area (Å²) in [4.78, 5) is 15.2. The monoisotopic (exact) mass is 572 g/mol. The van der Waals surface area contributed by atoms with Gasteiger partial charge in [0, 0.05) is 36.7 Å². The van der Waals surface area contributed by atoms with Crippen LogP contribution in [-0.2, 0) is 19.5 Å². The van der Waals surface area contributed by atoms with E-state index in [1.807, 2.05) is 4.72 Å². The van der Waals surface area contributed by atoms with Gasteiger partial charge in [-0.05, 0) is 60.9 Å². The first-order valence-corrected chi connectivity index (χ1v) is 13.6. The Morgan fingerprint density at radius 3 is 2.60 bits per heavy atom. The molecule has 1 aliphatic heterocycles. The van der Waals surface area contributed by atoms with Crippen LogP contribution < -0.4 is 4.72 Å². The van der Waals surface area contributed by atoms with Crippen molar-refractivity contribution in [2.24, 2.45) is 0 Å². The van der Waals surface area contributed by atoms with Crippen LogP contribution in [0.15, 0.2) is 65.8 Å². The number of carbonyl (C=O) groups excluding carboxylic acids is 1. The van der Waals surface area contributed by atoms with E-state index in [0.29, 0.717) is 49.3 Å². The maximum atomic E-state index is 15.9. The summed E-state index contributed by atoms with van der Waals surface area (Å²) in [6, 6.07) is 9.00. The van der Waals surface area contributed by atoms with Crippen LogP contribution in [0.2, 0.25) is 0 Å². The van der Waals surface area contributed by atoms with Crippen LogP contribution in [0.4, 0.5) is 18.9 Å². The number of rotatable bonds is 7. The molecule has 40 heavy (non-hydrogen) atoms. The van der Waals surface area contributed by atoms with Crippen molar-refractivity contribution in [3.8, 4) is 22.4 Å². The van der Waals surface area contributed by atoms with Crippen molar-refractivity contribution < 1.29 is 35.9 Å². The van der Waals surface area contributed by atoms with Crippen molar-refractivity contribution in [3.05, 3.63) is 84.1 Å². The average Bonchev–Trinajstić information content (AvgIpc) is 3.41. The maximum Gasteiger partial charge on any atom is 0.356 e. The van der Waals surface area contributed by atoms with Crippen LogP contribution in [0.5, 0.6) is 0 Å². The third-order valence-electron chi connectivity index (χ3n) is 6.44. The fourth-order valence-corrected chi connectivity index (χ4v) is 5.58. The topological polar surface area (TPSA) is 112 Å². The molecule has 0 spiro atoms. The highest BCUT2D eigenvalue weighted by Gasteiger charge is 2.26. The molecule has 208 valence electrons. The molecule has 13 heteroatoms. The molecule has 1 N–H and O–H groups in total. The fourth-order valence-electron chi connectivity index (χ4n) is 4.43. The summed E-state index contributed by atoms with van der Waals surface area (Å²) in [5, 5.41) is 4.66. The average molecular weight is 573 g/mol. The molecule has 0 saturated carbocycles. The van der Waals surface area contributed by atoms with Crippen molar-refractivity contribution in [2.75, 3.05) is 25.0 Å². The number of anilines is 1. The molecule has 5 rings (SSSR count). The van der Waals surface area contributed by atoms with Gasteiger partial charge in [0.25, 0.3) is 10.0 Å². The van der Waals surface area contributed by atoms with Crippen LogP contribution in [0.1, 0.15) is 29.4 Å². The molecule has 3 heterocycles. The number of halogens is 3. The van der Waals surface area contributed by atoms with E-state index >= 15 is 4.39 Å². The van der Waals surface area contributed by atoms with E-state index in [0.717, 1.165) is 12.1 Å². The van der Waals surface area contributed by atoms with Gasteiger partial charge in [-0.25, -0.2) is 31.4 Å². The minimum absolute atomic E-state index is 0.0314. The molecule has 0 amide bonds. The SMILES string of the molecule is COC(=O)c1cc(-c2cn(C3CCOCC3)nc2-c2cccc(NS(=O)(=O)c3cc(F)ccc3F)c2F)ccn1. The van der Waals surface area contributed by atoms with E-state index in [2.05, 4.69) is 10.1 Å². The Balaban J connectivity index is 1.61. The van der Waals surface area contributed by atoms with Crippen LogP contribution in [0, 0.1) is 17.5 Å². The predicted octanol–water partition coefficient (Wildman–Crippen LogP) is 4.97. The zero-order valence-electron chi connectivity index (χ0n) is 21.1. The number of aromatic nitrogens is 3.